The fourth-order valence-corrected chi connectivity index (χ4v) is 3.72. The maximum Gasteiger partial charge on any atom is 0.328 e. The average molecular weight is 289 g/mol. The zero-order valence-electron chi connectivity index (χ0n) is 14.3. The van der Waals surface area contributed by atoms with Gasteiger partial charge in [-0.3, -0.25) is 0 Å². The number of carbonyl (C=O) groups excluding carboxylic acids is 1. The van der Waals surface area contributed by atoms with E-state index in [1.54, 1.807) is 0 Å². The molecule has 0 spiro atoms. The van der Waals surface area contributed by atoms with E-state index in [1.165, 1.54) is 29.5 Å². The van der Waals surface area contributed by atoms with Crippen molar-refractivity contribution in [3.63, 3.8) is 0 Å². The van der Waals surface area contributed by atoms with Crippen LogP contribution in [0, 0.1) is 13.8 Å². The lowest BCUT2D eigenvalue weighted by Crippen LogP contribution is -2.55. The molecule has 0 saturated carbocycles. The van der Waals surface area contributed by atoms with Crippen LogP contribution in [0.2, 0.25) is 0 Å². The Kier molecular flexibility index (Phi) is 4.05. The number of aryl methyl sites for hydroxylation is 2. The third-order valence-electron chi connectivity index (χ3n) is 4.82. The summed E-state index contributed by atoms with van der Waals surface area (Å²) < 4.78 is 4.97. The van der Waals surface area contributed by atoms with Gasteiger partial charge in [-0.05, 0) is 69.7 Å². The number of ether oxygens (including phenoxy) is 1. The third-order valence-corrected chi connectivity index (χ3v) is 4.82. The molecule has 3 nitrogen and oxygen atoms in total. The van der Waals surface area contributed by atoms with Gasteiger partial charge in [0.25, 0.3) is 0 Å². The van der Waals surface area contributed by atoms with Gasteiger partial charge < -0.3 is 9.64 Å². The quantitative estimate of drug-likeness (QED) is 0.772. The van der Waals surface area contributed by atoms with Crippen molar-refractivity contribution >= 4 is 11.7 Å². The third kappa shape index (κ3) is 2.66. The number of anilines is 1. The number of hydrogen-bond donors (Lipinski definition) is 0. The van der Waals surface area contributed by atoms with Crippen LogP contribution in [0.25, 0.3) is 0 Å². The molecule has 1 aliphatic rings. The second-order valence-electron chi connectivity index (χ2n) is 6.98. The van der Waals surface area contributed by atoms with Gasteiger partial charge in [0.15, 0.2) is 0 Å². The van der Waals surface area contributed by atoms with Crippen LogP contribution >= 0.6 is 0 Å². The monoisotopic (exact) mass is 289 g/mol. The Morgan fingerprint density at radius 1 is 1.33 bits per heavy atom. The highest BCUT2D eigenvalue weighted by Crippen LogP contribution is 2.45. The topological polar surface area (TPSA) is 29.5 Å². The Morgan fingerprint density at radius 3 is 2.48 bits per heavy atom. The van der Waals surface area contributed by atoms with Crippen LogP contribution < -0.4 is 4.90 Å². The van der Waals surface area contributed by atoms with Crippen LogP contribution in [0.4, 0.5) is 5.69 Å². The van der Waals surface area contributed by atoms with Gasteiger partial charge in [-0.1, -0.05) is 13.0 Å². The summed E-state index contributed by atoms with van der Waals surface area (Å²) in [6, 6.07) is 4.22. The summed E-state index contributed by atoms with van der Waals surface area (Å²) in [5.41, 5.74) is 5.03. The molecule has 0 bridgehead atoms. The van der Waals surface area contributed by atoms with E-state index in [9.17, 15) is 4.79 Å². The molecule has 2 atom stereocenters. The van der Waals surface area contributed by atoms with Crippen molar-refractivity contribution in [2.45, 2.75) is 65.5 Å². The summed E-state index contributed by atoms with van der Waals surface area (Å²) in [7, 11) is 1.46. The summed E-state index contributed by atoms with van der Waals surface area (Å²) in [5.74, 6) is 0.317. The lowest BCUT2D eigenvalue weighted by atomic mass is 9.78. The maximum atomic E-state index is 12.1. The molecule has 1 heterocycles. The van der Waals surface area contributed by atoms with Gasteiger partial charge in [-0.2, -0.15) is 0 Å². The number of rotatable bonds is 2. The first-order valence-electron chi connectivity index (χ1n) is 7.67. The predicted octanol–water partition coefficient (Wildman–Crippen LogP) is 3.96. The molecule has 1 aliphatic heterocycles. The Bertz CT molecular complexity index is 563. The number of carbonyl (C=O) groups is 1. The van der Waals surface area contributed by atoms with Gasteiger partial charge in [-0.25, -0.2) is 4.79 Å². The second kappa shape index (κ2) is 5.36. The van der Waals surface area contributed by atoms with Crippen molar-refractivity contribution in [1.82, 2.24) is 0 Å². The molecule has 0 radical (unpaired) electrons. The molecule has 0 saturated heterocycles. The number of methoxy groups -OCH3 is 1. The highest BCUT2D eigenvalue weighted by molar-refractivity contribution is 5.81. The molecule has 0 unspecified atom stereocenters. The highest BCUT2D eigenvalue weighted by Gasteiger charge is 2.41. The molecular formula is C18H27NO2. The van der Waals surface area contributed by atoms with Crippen LogP contribution in [0.15, 0.2) is 12.1 Å². The Hall–Kier alpha value is -1.51. The molecule has 0 aromatic heterocycles. The van der Waals surface area contributed by atoms with Crippen molar-refractivity contribution in [3.8, 4) is 0 Å². The molecule has 116 valence electrons. The number of nitrogens with zero attached hydrogens (tertiary/aromatic N) is 1. The number of benzene rings is 1. The van der Waals surface area contributed by atoms with E-state index in [4.69, 9.17) is 4.74 Å². The molecule has 0 amide bonds. The Morgan fingerprint density at radius 2 is 1.90 bits per heavy atom. The van der Waals surface area contributed by atoms with Gasteiger partial charge in [-0.15, -0.1) is 0 Å². The molecule has 21 heavy (non-hydrogen) atoms. The van der Waals surface area contributed by atoms with Gasteiger partial charge in [0.2, 0.25) is 0 Å². The largest absolute Gasteiger partial charge is 0.467 e. The summed E-state index contributed by atoms with van der Waals surface area (Å²) in [6.07, 6.45) is 1.03. The molecule has 0 N–H and O–H groups in total. The van der Waals surface area contributed by atoms with Crippen molar-refractivity contribution < 1.29 is 9.53 Å². The summed E-state index contributed by atoms with van der Waals surface area (Å²) in [4.78, 5) is 14.3. The van der Waals surface area contributed by atoms with Gasteiger partial charge >= 0.3 is 5.97 Å². The molecule has 0 aliphatic carbocycles. The van der Waals surface area contributed by atoms with Gasteiger partial charge in [0.1, 0.15) is 6.04 Å². The first kappa shape index (κ1) is 15.9. The lowest BCUT2D eigenvalue weighted by Gasteiger charge is -2.49. The molecule has 1 aromatic rings. The van der Waals surface area contributed by atoms with E-state index >= 15 is 0 Å². The smallest absolute Gasteiger partial charge is 0.328 e. The summed E-state index contributed by atoms with van der Waals surface area (Å²) in [5, 5.41) is 0. The molecular weight excluding hydrogens is 262 g/mol. The van der Waals surface area contributed by atoms with Crippen LogP contribution in [0.5, 0.6) is 0 Å². The lowest BCUT2D eigenvalue weighted by molar-refractivity contribution is -0.142. The SMILES string of the molecule is COC(=O)[C@@H](C)N1c2cc(C)c(C)cc2[C@@H](C)CC1(C)C. The van der Waals surface area contributed by atoms with Crippen LogP contribution in [0.3, 0.4) is 0 Å². The predicted molar refractivity (Wildman–Crippen MR) is 87.0 cm³/mol. The van der Waals surface area contributed by atoms with E-state index in [1.807, 2.05) is 6.92 Å². The highest BCUT2D eigenvalue weighted by atomic mass is 16.5. The zero-order chi connectivity index (χ0) is 15.9. The van der Waals surface area contributed by atoms with E-state index < -0.39 is 0 Å². The van der Waals surface area contributed by atoms with Crippen LogP contribution in [-0.4, -0.2) is 24.7 Å². The normalized spacial score (nSPS) is 21.7. The Labute approximate surface area is 128 Å². The molecule has 1 aromatic carbocycles. The fraction of sp³-hybridized carbons (Fsp3) is 0.611. The van der Waals surface area contributed by atoms with Crippen molar-refractivity contribution in [1.29, 1.82) is 0 Å². The zero-order valence-corrected chi connectivity index (χ0v) is 14.3. The maximum absolute atomic E-state index is 12.1. The number of fused-ring (bicyclic) bond motifs is 1. The van der Waals surface area contributed by atoms with Crippen molar-refractivity contribution in [2.24, 2.45) is 0 Å². The fourth-order valence-electron chi connectivity index (χ4n) is 3.72. The minimum atomic E-state index is -0.279. The minimum absolute atomic E-state index is 0.0677. The van der Waals surface area contributed by atoms with Crippen molar-refractivity contribution in [3.05, 3.63) is 28.8 Å². The molecule has 2 rings (SSSR count). The van der Waals surface area contributed by atoms with Crippen LogP contribution in [0.1, 0.15) is 56.7 Å². The summed E-state index contributed by atoms with van der Waals surface area (Å²) in [6.45, 7) is 12.9. The van der Waals surface area contributed by atoms with Crippen molar-refractivity contribution in [2.75, 3.05) is 12.0 Å². The summed E-state index contributed by atoms with van der Waals surface area (Å²) >= 11 is 0. The minimum Gasteiger partial charge on any atom is -0.467 e. The van der Waals surface area contributed by atoms with E-state index in [2.05, 4.69) is 51.7 Å². The average Bonchev–Trinajstić information content (AvgIpc) is 2.39. The first-order valence-corrected chi connectivity index (χ1v) is 7.67. The van der Waals surface area contributed by atoms with Crippen LogP contribution in [-0.2, 0) is 9.53 Å². The van der Waals surface area contributed by atoms with Gasteiger partial charge in [0, 0.05) is 11.2 Å². The van der Waals surface area contributed by atoms with E-state index in [0.717, 1.165) is 6.42 Å². The standard InChI is InChI=1S/C18H27NO2/c1-11-8-15-13(3)10-18(5,6)19(14(4)17(20)21-7)16(15)9-12(11)2/h8-9,13-14H,10H2,1-7H3/t13-,14+/m0/s1. The molecule has 0 fully saturated rings. The van der Waals surface area contributed by atoms with E-state index in [0.29, 0.717) is 5.92 Å². The van der Waals surface area contributed by atoms with Gasteiger partial charge in [0.05, 0.1) is 7.11 Å². The first-order chi connectivity index (χ1) is 9.69. The second-order valence-corrected chi connectivity index (χ2v) is 6.98. The van der Waals surface area contributed by atoms with E-state index in [-0.39, 0.29) is 17.6 Å². The Balaban J connectivity index is 2.61. The number of esters is 1. The number of hydrogen-bond acceptors (Lipinski definition) is 3. The molecule has 3 heteroatoms.